The van der Waals surface area contributed by atoms with Gasteiger partial charge in [0, 0.05) is 67.6 Å². The van der Waals surface area contributed by atoms with Crippen molar-refractivity contribution >= 4 is 28.7 Å². The minimum atomic E-state index is -4.56. The van der Waals surface area contributed by atoms with E-state index in [2.05, 4.69) is 22.2 Å². The molecule has 0 spiro atoms. The van der Waals surface area contributed by atoms with Gasteiger partial charge in [0.05, 0.1) is 23.1 Å². The van der Waals surface area contributed by atoms with Crippen LogP contribution in [0.4, 0.5) is 30.2 Å². The molecular weight excluding hydrogens is 533 g/mol. The van der Waals surface area contributed by atoms with E-state index in [1.54, 1.807) is 42.2 Å². The van der Waals surface area contributed by atoms with E-state index in [1.165, 1.54) is 11.2 Å². The van der Waals surface area contributed by atoms with E-state index in [1.807, 2.05) is 18.7 Å². The summed E-state index contributed by atoms with van der Waals surface area (Å²) in [4.78, 5) is 17.5. The molecule has 0 atom stereocenters. The van der Waals surface area contributed by atoms with Crippen molar-refractivity contribution in [1.29, 1.82) is 0 Å². The molecule has 9 nitrogen and oxygen atoms in total. The van der Waals surface area contributed by atoms with E-state index in [0.717, 1.165) is 55.0 Å². The summed E-state index contributed by atoms with van der Waals surface area (Å²) >= 11 is 0. The van der Waals surface area contributed by atoms with Gasteiger partial charge in [0.15, 0.2) is 0 Å². The number of aromatic nitrogens is 2. The Morgan fingerprint density at radius 3 is 2.44 bits per heavy atom. The van der Waals surface area contributed by atoms with Gasteiger partial charge in [-0.05, 0) is 62.7 Å². The number of aryl methyl sites for hydroxylation is 2. The molecule has 0 unspecified atom stereocenters. The number of anilines is 3. The summed E-state index contributed by atoms with van der Waals surface area (Å²) in [6.45, 7) is 9.53. The summed E-state index contributed by atoms with van der Waals surface area (Å²) < 4.78 is 43.1. The van der Waals surface area contributed by atoms with Crippen LogP contribution in [-0.2, 0) is 13.2 Å². The molecule has 1 aliphatic heterocycles. The van der Waals surface area contributed by atoms with E-state index in [0.29, 0.717) is 30.2 Å². The van der Waals surface area contributed by atoms with Gasteiger partial charge in [-0.15, -0.1) is 0 Å². The fraction of sp³-hybridized carbons (Fsp3) is 0.379. The average Bonchev–Trinajstić information content (AvgIpc) is 3.26. The highest BCUT2D eigenvalue weighted by Crippen LogP contribution is 2.35. The standard InChI is InChI=1S/C29H37F3N8O/c1-5-8-38-9-11-39(12-10-38)24-15-22(29(30,31)32)14-23(16-24)36-28(41)21-7-6-19(2)27(13-21)40(34)18-26(33)25-17-35-37(4)20(25)3/h6-7,13-18H,5,8-12,33-34H2,1-4H3,(H,36,41)/b26-18-. The largest absolute Gasteiger partial charge is 0.416 e. The maximum absolute atomic E-state index is 13.8. The van der Waals surface area contributed by atoms with Gasteiger partial charge in [-0.2, -0.15) is 18.3 Å². The van der Waals surface area contributed by atoms with Crippen LogP contribution in [-0.4, -0.2) is 53.3 Å². The maximum atomic E-state index is 13.8. The first kappa shape index (κ1) is 29.9. The molecule has 0 aliphatic carbocycles. The van der Waals surface area contributed by atoms with Gasteiger partial charge in [-0.1, -0.05) is 13.0 Å². The SMILES string of the molecule is CCCN1CCN(c2cc(NC(=O)c3ccc(C)c(N(N)/C=C(\N)c4cnn(C)c4C)c3)cc(C(F)(F)F)c2)CC1. The van der Waals surface area contributed by atoms with Gasteiger partial charge in [0.25, 0.3) is 5.91 Å². The van der Waals surface area contributed by atoms with Gasteiger partial charge >= 0.3 is 6.18 Å². The summed E-state index contributed by atoms with van der Waals surface area (Å²) in [7, 11) is 1.81. The first-order valence-corrected chi connectivity index (χ1v) is 13.5. The molecule has 1 aromatic heterocycles. The Morgan fingerprint density at radius 2 is 1.83 bits per heavy atom. The molecule has 1 aliphatic rings. The second kappa shape index (κ2) is 12.2. The van der Waals surface area contributed by atoms with Crippen molar-refractivity contribution in [3.63, 3.8) is 0 Å². The lowest BCUT2D eigenvalue weighted by atomic mass is 10.1. The number of halogens is 3. The number of hydrazine groups is 1. The summed E-state index contributed by atoms with van der Waals surface area (Å²) in [6.07, 6.45) is -0.362. The zero-order chi connectivity index (χ0) is 29.9. The van der Waals surface area contributed by atoms with Crippen LogP contribution in [0.2, 0.25) is 0 Å². The molecule has 0 bridgehead atoms. The first-order valence-electron chi connectivity index (χ1n) is 13.5. The number of carbonyl (C=O) groups excluding carboxylic acids is 1. The summed E-state index contributed by atoms with van der Waals surface area (Å²) in [5, 5.41) is 8.16. The minimum Gasteiger partial charge on any atom is -0.397 e. The number of alkyl halides is 3. The molecule has 3 aromatic rings. The molecule has 2 aromatic carbocycles. The fourth-order valence-corrected chi connectivity index (χ4v) is 4.88. The zero-order valence-electron chi connectivity index (χ0n) is 23.8. The molecule has 2 heterocycles. The lowest BCUT2D eigenvalue weighted by Gasteiger charge is -2.36. The van der Waals surface area contributed by atoms with Crippen molar-refractivity contribution in [1.82, 2.24) is 14.7 Å². The Morgan fingerprint density at radius 1 is 1.12 bits per heavy atom. The van der Waals surface area contributed by atoms with Crippen LogP contribution in [0.3, 0.4) is 0 Å². The molecule has 41 heavy (non-hydrogen) atoms. The molecule has 4 rings (SSSR count). The Balaban J connectivity index is 1.57. The third-order valence-corrected chi connectivity index (χ3v) is 7.35. The van der Waals surface area contributed by atoms with Gasteiger partial charge in [-0.25, -0.2) is 5.84 Å². The second-order valence-corrected chi connectivity index (χ2v) is 10.3. The van der Waals surface area contributed by atoms with Gasteiger partial charge in [-0.3, -0.25) is 19.4 Å². The summed E-state index contributed by atoms with van der Waals surface area (Å²) in [5.74, 6) is 5.74. The van der Waals surface area contributed by atoms with Crippen molar-refractivity contribution in [2.45, 2.75) is 33.4 Å². The number of hydrogen-bond donors (Lipinski definition) is 3. The third kappa shape index (κ3) is 7.01. The highest BCUT2D eigenvalue weighted by atomic mass is 19.4. The average molecular weight is 571 g/mol. The number of hydrogen-bond acceptors (Lipinski definition) is 7. The van der Waals surface area contributed by atoms with E-state index < -0.39 is 17.6 Å². The molecule has 1 fully saturated rings. The van der Waals surface area contributed by atoms with Crippen molar-refractivity contribution in [2.24, 2.45) is 18.6 Å². The predicted octanol–water partition coefficient (Wildman–Crippen LogP) is 4.48. The molecular formula is C29H37F3N8O. The monoisotopic (exact) mass is 570 g/mol. The van der Waals surface area contributed by atoms with Gasteiger partial charge in [0.1, 0.15) is 0 Å². The number of nitrogens with two attached hydrogens (primary N) is 2. The van der Waals surface area contributed by atoms with Crippen LogP contribution in [0.1, 0.15) is 46.1 Å². The van der Waals surface area contributed by atoms with Crippen molar-refractivity contribution in [2.75, 3.05) is 47.9 Å². The third-order valence-electron chi connectivity index (χ3n) is 7.35. The van der Waals surface area contributed by atoms with E-state index in [4.69, 9.17) is 11.6 Å². The van der Waals surface area contributed by atoms with Crippen LogP contribution in [0.5, 0.6) is 0 Å². The zero-order valence-corrected chi connectivity index (χ0v) is 23.8. The number of carbonyl (C=O) groups is 1. The van der Waals surface area contributed by atoms with Crippen LogP contribution in [0.25, 0.3) is 5.70 Å². The van der Waals surface area contributed by atoms with Crippen molar-refractivity contribution in [3.05, 3.63) is 76.7 Å². The number of nitrogens with one attached hydrogen (secondary N) is 1. The number of rotatable bonds is 8. The quantitative estimate of drug-likeness (QED) is 0.271. The predicted molar refractivity (Wildman–Crippen MR) is 156 cm³/mol. The summed E-state index contributed by atoms with van der Waals surface area (Å²) in [6, 6.07) is 8.58. The summed E-state index contributed by atoms with van der Waals surface area (Å²) in [5.41, 5.74) is 9.43. The van der Waals surface area contributed by atoms with Crippen molar-refractivity contribution in [3.8, 4) is 0 Å². The normalized spacial score (nSPS) is 14.8. The van der Waals surface area contributed by atoms with Crippen molar-refractivity contribution < 1.29 is 18.0 Å². The van der Waals surface area contributed by atoms with E-state index in [-0.39, 0.29) is 11.3 Å². The topological polar surface area (TPSA) is 109 Å². The lowest BCUT2D eigenvalue weighted by Crippen LogP contribution is -2.46. The highest BCUT2D eigenvalue weighted by Gasteiger charge is 2.32. The van der Waals surface area contributed by atoms with E-state index in [9.17, 15) is 18.0 Å². The van der Waals surface area contributed by atoms with E-state index >= 15 is 0 Å². The highest BCUT2D eigenvalue weighted by molar-refractivity contribution is 6.05. The molecule has 12 heteroatoms. The fourth-order valence-electron chi connectivity index (χ4n) is 4.88. The number of benzene rings is 2. The number of nitrogens with zero attached hydrogens (tertiary/aromatic N) is 5. The number of amides is 1. The Hall–Kier alpha value is -4.03. The number of piperazine rings is 1. The lowest BCUT2D eigenvalue weighted by molar-refractivity contribution is -0.137. The molecule has 0 radical (unpaired) electrons. The Bertz CT molecular complexity index is 1420. The molecule has 1 amide bonds. The second-order valence-electron chi connectivity index (χ2n) is 10.3. The first-order chi connectivity index (χ1) is 19.4. The molecule has 0 saturated carbocycles. The van der Waals surface area contributed by atoms with Gasteiger partial charge in [0.2, 0.25) is 0 Å². The van der Waals surface area contributed by atoms with Crippen LogP contribution >= 0.6 is 0 Å². The van der Waals surface area contributed by atoms with Crippen LogP contribution < -0.4 is 26.8 Å². The van der Waals surface area contributed by atoms with Gasteiger partial charge < -0.3 is 16.0 Å². The maximum Gasteiger partial charge on any atom is 0.416 e. The van der Waals surface area contributed by atoms with Crippen LogP contribution in [0.15, 0.2) is 48.8 Å². The minimum absolute atomic E-state index is 0.0683. The molecule has 220 valence electrons. The Kier molecular flexibility index (Phi) is 8.93. The van der Waals surface area contributed by atoms with Crippen LogP contribution in [0, 0.1) is 13.8 Å². The smallest absolute Gasteiger partial charge is 0.397 e. The molecule has 1 saturated heterocycles. The Labute approximate surface area is 238 Å². The molecule has 5 N–H and O–H groups in total.